The Bertz CT molecular complexity index is 136. The van der Waals surface area contributed by atoms with Crippen LogP contribution in [0, 0.1) is 11.8 Å². The third-order valence-corrected chi connectivity index (χ3v) is 1.96. The van der Waals surface area contributed by atoms with Gasteiger partial charge in [-0.1, -0.05) is 39.7 Å². The molecule has 0 saturated heterocycles. The van der Waals surface area contributed by atoms with Crippen molar-refractivity contribution in [2.75, 3.05) is 0 Å². The Hall–Kier alpha value is -0.590. The number of carbonyl (C=O) groups is 1. The highest BCUT2D eigenvalue weighted by Gasteiger charge is 1.98. The van der Waals surface area contributed by atoms with Gasteiger partial charge in [0.1, 0.15) is 6.29 Å². The van der Waals surface area contributed by atoms with Crippen LogP contribution in [-0.2, 0) is 4.79 Å². The molecular weight excluding hydrogens is 148 g/mol. The summed E-state index contributed by atoms with van der Waals surface area (Å²) in [5.41, 5.74) is 0. The standard InChI is InChI=1S/C11H20O/c1-10(2)6-4-7-11(3)8-5-9-12/h5,8-11H,4,6-7H2,1-3H3/b8-5+/t11-/m0/s1. The van der Waals surface area contributed by atoms with Crippen molar-refractivity contribution < 1.29 is 4.79 Å². The second-order valence-corrected chi connectivity index (χ2v) is 3.82. The van der Waals surface area contributed by atoms with Crippen LogP contribution in [-0.4, -0.2) is 6.29 Å². The Labute approximate surface area is 75.9 Å². The Balaban J connectivity index is 3.37. The summed E-state index contributed by atoms with van der Waals surface area (Å²) in [5, 5.41) is 0. The summed E-state index contributed by atoms with van der Waals surface area (Å²) < 4.78 is 0. The van der Waals surface area contributed by atoms with E-state index < -0.39 is 0 Å². The maximum Gasteiger partial charge on any atom is 0.142 e. The van der Waals surface area contributed by atoms with Crippen LogP contribution in [0.3, 0.4) is 0 Å². The largest absolute Gasteiger partial charge is 0.299 e. The minimum absolute atomic E-state index is 0.550. The highest BCUT2D eigenvalue weighted by atomic mass is 16.1. The lowest BCUT2D eigenvalue weighted by molar-refractivity contribution is -0.104. The van der Waals surface area contributed by atoms with Gasteiger partial charge in [-0.2, -0.15) is 0 Å². The number of hydrogen-bond donors (Lipinski definition) is 0. The molecule has 1 heteroatoms. The Morgan fingerprint density at radius 2 is 1.83 bits per heavy atom. The molecule has 0 unspecified atom stereocenters. The summed E-state index contributed by atoms with van der Waals surface area (Å²) in [6.07, 6.45) is 8.18. The first-order chi connectivity index (χ1) is 5.66. The van der Waals surface area contributed by atoms with Crippen molar-refractivity contribution in [3.8, 4) is 0 Å². The van der Waals surface area contributed by atoms with Crippen molar-refractivity contribution in [2.45, 2.75) is 40.0 Å². The van der Waals surface area contributed by atoms with E-state index in [1.54, 1.807) is 6.08 Å². The lowest BCUT2D eigenvalue weighted by Gasteiger charge is -2.06. The summed E-state index contributed by atoms with van der Waals surface area (Å²) >= 11 is 0. The number of hydrogen-bond acceptors (Lipinski definition) is 1. The van der Waals surface area contributed by atoms with E-state index in [-0.39, 0.29) is 0 Å². The lowest BCUT2D eigenvalue weighted by Crippen LogP contribution is -1.93. The molecule has 70 valence electrons. The molecular formula is C11H20O. The minimum atomic E-state index is 0.550. The van der Waals surface area contributed by atoms with Crippen molar-refractivity contribution in [3.05, 3.63) is 12.2 Å². The van der Waals surface area contributed by atoms with E-state index in [2.05, 4.69) is 20.8 Å². The van der Waals surface area contributed by atoms with Gasteiger partial charge in [0, 0.05) is 0 Å². The van der Waals surface area contributed by atoms with Gasteiger partial charge in [0.15, 0.2) is 0 Å². The quantitative estimate of drug-likeness (QED) is 0.439. The summed E-state index contributed by atoms with van der Waals surface area (Å²) in [6.45, 7) is 6.64. The zero-order chi connectivity index (χ0) is 9.40. The van der Waals surface area contributed by atoms with Crippen LogP contribution in [0.4, 0.5) is 0 Å². The van der Waals surface area contributed by atoms with Crippen molar-refractivity contribution in [2.24, 2.45) is 11.8 Å². The molecule has 12 heavy (non-hydrogen) atoms. The third kappa shape index (κ3) is 7.52. The van der Waals surface area contributed by atoms with Crippen LogP contribution < -0.4 is 0 Å². The fourth-order valence-electron chi connectivity index (χ4n) is 1.18. The molecule has 0 N–H and O–H groups in total. The normalized spacial score (nSPS) is 14.0. The first kappa shape index (κ1) is 11.4. The molecule has 0 rings (SSSR count). The van der Waals surface area contributed by atoms with E-state index in [0.29, 0.717) is 5.92 Å². The van der Waals surface area contributed by atoms with Gasteiger partial charge in [-0.15, -0.1) is 0 Å². The second kappa shape index (κ2) is 7.08. The van der Waals surface area contributed by atoms with Gasteiger partial charge in [0.05, 0.1) is 0 Å². The fraction of sp³-hybridized carbons (Fsp3) is 0.727. The van der Waals surface area contributed by atoms with Crippen molar-refractivity contribution in [1.29, 1.82) is 0 Å². The first-order valence-electron chi connectivity index (χ1n) is 4.78. The molecule has 1 nitrogen and oxygen atoms in total. The van der Waals surface area contributed by atoms with Crippen molar-refractivity contribution in [1.82, 2.24) is 0 Å². The number of allylic oxidation sites excluding steroid dienone is 2. The van der Waals surface area contributed by atoms with Gasteiger partial charge in [0.25, 0.3) is 0 Å². The Kier molecular flexibility index (Phi) is 6.73. The SMILES string of the molecule is CC(C)CCC[C@H](C)/C=C/C=O. The molecule has 0 aromatic carbocycles. The molecule has 0 fully saturated rings. The monoisotopic (exact) mass is 168 g/mol. The molecule has 0 heterocycles. The van der Waals surface area contributed by atoms with E-state index in [1.807, 2.05) is 6.08 Å². The molecule has 0 aromatic rings. The highest BCUT2D eigenvalue weighted by Crippen LogP contribution is 2.12. The van der Waals surface area contributed by atoms with Crippen molar-refractivity contribution in [3.63, 3.8) is 0 Å². The van der Waals surface area contributed by atoms with Crippen LogP contribution in [0.15, 0.2) is 12.2 Å². The smallest absolute Gasteiger partial charge is 0.142 e. The van der Waals surface area contributed by atoms with Gasteiger partial charge in [-0.3, -0.25) is 4.79 Å². The molecule has 1 atom stereocenters. The maximum absolute atomic E-state index is 10.0. The molecule has 0 aromatic heterocycles. The lowest BCUT2D eigenvalue weighted by atomic mass is 9.99. The van der Waals surface area contributed by atoms with Crippen molar-refractivity contribution >= 4 is 6.29 Å². The molecule has 0 spiro atoms. The van der Waals surface area contributed by atoms with E-state index in [9.17, 15) is 4.79 Å². The van der Waals surface area contributed by atoms with Gasteiger partial charge < -0.3 is 0 Å². The Morgan fingerprint density at radius 3 is 2.33 bits per heavy atom. The van der Waals surface area contributed by atoms with E-state index >= 15 is 0 Å². The molecule has 0 radical (unpaired) electrons. The van der Waals surface area contributed by atoms with Crippen LogP contribution >= 0.6 is 0 Å². The average Bonchev–Trinajstić information content (AvgIpc) is 2.00. The second-order valence-electron chi connectivity index (χ2n) is 3.82. The van der Waals surface area contributed by atoms with Gasteiger partial charge in [-0.05, 0) is 24.3 Å². The highest BCUT2D eigenvalue weighted by molar-refractivity contribution is 5.64. The number of carbonyl (C=O) groups excluding carboxylic acids is 1. The van der Waals surface area contributed by atoms with Crippen LogP contribution in [0.1, 0.15) is 40.0 Å². The number of aldehydes is 1. The fourth-order valence-corrected chi connectivity index (χ4v) is 1.18. The molecule has 0 bridgehead atoms. The average molecular weight is 168 g/mol. The van der Waals surface area contributed by atoms with Crippen LogP contribution in [0.2, 0.25) is 0 Å². The first-order valence-corrected chi connectivity index (χ1v) is 4.78. The molecule has 0 saturated carbocycles. The molecule has 0 aliphatic heterocycles. The minimum Gasteiger partial charge on any atom is -0.299 e. The van der Waals surface area contributed by atoms with E-state index in [0.717, 1.165) is 12.2 Å². The van der Waals surface area contributed by atoms with Crippen LogP contribution in [0.5, 0.6) is 0 Å². The molecule has 0 aliphatic carbocycles. The van der Waals surface area contributed by atoms with Gasteiger partial charge in [-0.25, -0.2) is 0 Å². The number of rotatable bonds is 6. The summed E-state index contributed by atoms with van der Waals surface area (Å²) in [4.78, 5) is 10.0. The van der Waals surface area contributed by atoms with E-state index in [1.165, 1.54) is 19.3 Å². The third-order valence-electron chi connectivity index (χ3n) is 1.96. The zero-order valence-corrected chi connectivity index (χ0v) is 8.42. The topological polar surface area (TPSA) is 17.1 Å². The summed E-state index contributed by atoms with van der Waals surface area (Å²) in [7, 11) is 0. The molecule has 0 aliphatic rings. The molecule has 0 amide bonds. The summed E-state index contributed by atoms with van der Waals surface area (Å²) in [6, 6.07) is 0. The zero-order valence-electron chi connectivity index (χ0n) is 8.42. The predicted octanol–water partition coefficient (Wildman–Crippen LogP) is 3.20. The van der Waals surface area contributed by atoms with Gasteiger partial charge in [0.2, 0.25) is 0 Å². The Morgan fingerprint density at radius 1 is 1.17 bits per heavy atom. The van der Waals surface area contributed by atoms with Crippen LogP contribution in [0.25, 0.3) is 0 Å². The van der Waals surface area contributed by atoms with E-state index in [4.69, 9.17) is 0 Å². The maximum atomic E-state index is 10.0. The predicted molar refractivity (Wildman–Crippen MR) is 53.1 cm³/mol. The van der Waals surface area contributed by atoms with Gasteiger partial charge >= 0.3 is 0 Å². The summed E-state index contributed by atoms with van der Waals surface area (Å²) in [5.74, 6) is 1.35.